The molecule has 108 valence electrons. The molecule has 1 aromatic rings. The van der Waals surface area contributed by atoms with E-state index in [1.54, 1.807) is 23.1 Å². The van der Waals surface area contributed by atoms with Gasteiger partial charge in [-0.3, -0.25) is 9.59 Å². The third-order valence-electron chi connectivity index (χ3n) is 3.55. The molecule has 1 aliphatic rings. The summed E-state index contributed by atoms with van der Waals surface area (Å²) in [5, 5.41) is 9.05. The number of aliphatic carboxylic acids is 1. The molecule has 0 unspecified atom stereocenters. The van der Waals surface area contributed by atoms with Gasteiger partial charge in [-0.15, -0.1) is 0 Å². The molecule has 0 aromatic heterocycles. The van der Waals surface area contributed by atoms with E-state index in [1.165, 1.54) is 7.11 Å². The van der Waals surface area contributed by atoms with Gasteiger partial charge in [-0.05, 0) is 25.0 Å². The summed E-state index contributed by atoms with van der Waals surface area (Å²) in [5.41, 5.74) is 6.58. The molecule has 0 radical (unpaired) electrons. The largest absolute Gasteiger partial charge is 0.497 e. The number of benzene rings is 1. The van der Waals surface area contributed by atoms with Gasteiger partial charge >= 0.3 is 5.97 Å². The average Bonchev–Trinajstić information content (AvgIpc) is 2.46. The normalized spacial score (nSPS) is 18.6. The van der Waals surface area contributed by atoms with Crippen molar-refractivity contribution in [3.8, 4) is 5.75 Å². The number of carbonyl (C=O) groups is 2. The molecular weight excluding hydrogens is 260 g/mol. The molecule has 1 aromatic carbocycles. The summed E-state index contributed by atoms with van der Waals surface area (Å²) in [4.78, 5) is 25.0. The Labute approximate surface area is 117 Å². The number of amides is 1. The van der Waals surface area contributed by atoms with Crippen molar-refractivity contribution < 1.29 is 19.4 Å². The van der Waals surface area contributed by atoms with Gasteiger partial charge < -0.3 is 20.5 Å². The van der Waals surface area contributed by atoms with Crippen molar-refractivity contribution in [3.63, 3.8) is 0 Å². The molecule has 1 atom stereocenters. The highest BCUT2D eigenvalue weighted by Gasteiger charge is 2.29. The van der Waals surface area contributed by atoms with Crippen molar-refractivity contribution in [2.24, 2.45) is 5.92 Å². The smallest absolute Gasteiger partial charge is 0.308 e. The van der Waals surface area contributed by atoms with Gasteiger partial charge in [0.2, 0.25) is 0 Å². The van der Waals surface area contributed by atoms with Gasteiger partial charge in [0, 0.05) is 24.8 Å². The average molecular weight is 278 g/mol. The highest BCUT2D eigenvalue weighted by atomic mass is 16.5. The fraction of sp³-hybridized carbons (Fsp3) is 0.429. The van der Waals surface area contributed by atoms with Crippen molar-refractivity contribution in [3.05, 3.63) is 23.8 Å². The van der Waals surface area contributed by atoms with Gasteiger partial charge in [0.05, 0.1) is 18.6 Å². The zero-order valence-electron chi connectivity index (χ0n) is 11.3. The van der Waals surface area contributed by atoms with E-state index in [0.29, 0.717) is 36.4 Å². The molecular formula is C14H18N2O4. The van der Waals surface area contributed by atoms with E-state index in [9.17, 15) is 9.59 Å². The van der Waals surface area contributed by atoms with Crippen LogP contribution in [-0.2, 0) is 4.79 Å². The lowest BCUT2D eigenvalue weighted by atomic mass is 9.97. The van der Waals surface area contributed by atoms with Crippen LogP contribution in [0.5, 0.6) is 5.75 Å². The van der Waals surface area contributed by atoms with E-state index in [-0.39, 0.29) is 12.5 Å². The molecule has 1 fully saturated rings. The maximum absolute atomic E-state index is 12.4. The maximum atomic E-state index is 12.4. The Bertz CT molecular complexity index is 530. The Morgan fingerprint density at radius 3 is 2.80 bits per heavy atom. The third kappa shape index (κ3) is 2.84. The zero-order chi connectivity index (χ0) is 14.7. The molecule has 1 amide bonds. The second-order valence-electron chi connectivity index (χ2n) is 4.88. The number of piperidine rings is 1. The highest BCUT2D eigenvalue weighted by molar-refractivity contribution is 5.99. The number of nitrogen functional groups attached to an aromatic ring is 1. The van der Waals surface area contributed by atoms with Gasteiger partial charge in [0.25, 0.3) is 5.91 Å². The molecule has 1 aliphatic heterocycles. The number of hydrogen-bond donors (Lipinski definition) is 2. The minimum atomic E-state index is -0.856. The van der Waals surface area contributed by atoms with Crippen LogP contribution in [0.3, 0.4) is 0 Å². The van der Waals surface area contributed by atoms with Crippen LogP contribution in [0.15, 0.2) is 18.2 Å². The lowest BCUT2D eigenvalue weighted by molar-refractivity contribution is -0.143. The monoisotopic (exact) mass is 278 g/mol. The molecule has 3 N–H and O–H groups in total. The van der Waals surface area contributed by atoms with Crippen LogP contribution >= 0.6 is 0 Å². The predicted molar refractivity (Wildman–Crippen MR) is 73.7 cm³/mol. The number of rotatable bonds is 3. The van der Waals surface area contributed by atoms with Crippen LogP contribution in [0.1, 0.15) is 23.2 Å². The van der Waals surface area contributed by atoms with Gasteiger partial charge in [-0.1, -0.05) is 0 Å². The van der Waals surface area contributed by atoms with E-state index in [1.807, 2.05) is 0 Å². The Morgan fingerprint density at radius 1 is 1.45 bits per heavy atom. The first-order valence-corrected chi connectivity index (χ1v) is 6.48. The van der Waals surface area contributed by atoms with Crippen LogP contribution in [0.4, 0.5) is 5.69 Å². The summed E-state index contributed by atoms with van der Waals surface area (Å²) in [5.74, 6) is -0.991. The molecule has 20 heavy (non-hydrogen) atoms. The number of ether oxygens (including phenoxy) is 1. The van der Waals surface area contributed by atoms with Crippen molar-refractivity contribution >= 4 is 17.6 Å². The van der Waals surface area contributed by atoms with Crippen molar-refractivity contribution in [1.29, 1.82) is 0 Å². The number of anilines is 1. The van der Waals surface area contributed by atoms with E-state index in [2.05, 4.69) is 0 Å². The van der Waals surface area contributed by atoms with E-state index in [4.69, 9.17) is 15.6 Å². The standard InChI is InChI=1S/C14H18N2O4/c1-20-10-4-5-11(12(15)7-10)13(17)16-6-2-3-9(8-16)14(18)19/h4-5,7,9H,2-3,6,8,15H2,1H3,(H,18,19)/t9-/m1/s1. The van der Waals surface area contributed by atoms with Crippen molar-refractivity contribution in [2.75, 3.05) is 25.9 Å². The number of carbonyl (C=O) groups excluding carboxylic acids is 1. The Kier molecular flexibility index (Phi) is 4.12. The summed E-state index contributed by atoms with van der Waals surface area (Å²) >= 11 is 0. The summed E-state index contributed by atoms with van der Waals surface area (Å²) in [6, 6.07) is 4.87. The predicted octanol–water partition coefficient (Wildman–Crippen LogP) is 1.21. The molecule has 0 aliphatic carbocycles. The van der Waals surface area contributed by atoms with Gasteiger partial charge in [-0.25, -0.2) is 0 Å². The molecule has 0 spiro atoms. The Balaban J connectivity index is 2.16. The summed E-state index contributed by atoms with van der Waals surface area (Å²) in [6.45, 7) is 0.799. The van der Waals surface area contributed by atoms with Crippen LogP contribution in [-0.4, -0.2) is 42.1 Å². The molecule has 6 nitrogen and oxygen atoms in total. The Hall–Kier alpha value is -2.24. The highest BCUT2D eigenvalue weighted by Crippen LogP contribution is 2.24. The molecule has 1 saturated heterocycles. The number of nitrogens with two attached hydrogens (primary N) is 1. The quantitative estimate of drug-likeness (QED) is 0.811. The van der Waals surface area contributed by atoms with Crippen LogP contribution < -0.4 is 10.5 Å². The van der Waals surface area contributed by atoms with Crippen LogP contribution in [0, 0.1) is 5.92 Å². The molecule has 0 saturated carbocycles. The fourth-order valence-corrected chi connectivity index (χ4v) is 2.40. The number of methoxy groups -OCH3 is 1. The van der Waals surface area contributed by atoms with Gasteiger partial charge in [0.15, 0.2) is 0 Å². The van der Waals surface area contributed by atoms with Crippen LogP contribution in [0.2, 0.25) is 0 Å². The summed E-state index contributed by atoms with van der Waals surface area (Å²) in [7, 11) is 1.53. The molecule has 1 heterocycles. The maximum Gasteiger partial charge on any atom is 0.308 e. The lowest BCUT2D eigenvalue weighted by Gasteiger charge is -2.31. The third-order valence-corrected chi connectivity index (χ3v) is 3.55. The first kappa shape index (κ1) is 14.2. The second-order valence-corrected chi connectivity index (χ2v) is 4.88. The minimum absolute atomic E-state index is 0.226. The number of likely N-dealkylation sites (tertiary alicyclic amines) is 1. The van der Waals surface area contributed by atoms with Crippen molar-refractivity contribution in [2.45, 2.75) is 12.8 Å². The van der Waals surface area contributed by atoms with Gasteiger partial charge in [-0.2, -0.15) is 0 Å². The molecule has 2 rings (SSSR count). The number of carboxylic acid groups (broad SMARTS) is 1. The van der Waals surface area contributed by atoms with E-state index in [0.717, 1.165) is 0 Å². The molecule has 0 bridgehead atoms. The first-order valence-electron chi connectivity index (χ1n) is 6.48. The lowest BCUT2D eigenvalue weighted by Crippen LogP contribution is -2.42. The topological polar surface area (TPSA) is 92.9 Å². The summed E-state index contributed by atoms with van der Waals surface area (Å²) in [6.07, 6.45) is 1.30. The number of carboxylic acids is 1. The number of hydrogen-bond acceptors (Lipinski definition) is 4. The summed E-state index contributed by atoms with van der Waals surface area (Å²) < 4.78 is 5.04. The van der Waals surface area contributed by atoms with Crippen molar-refractivity contribution in [1.82, 2.24) is 4.90 Å². The van der Waals surface area contributed by atoms with E-state index < -0.39 is 11.9 Å². The SMILES string of the molecule is COc1ccc(C(=O)N2CCC[C@@H](C(=O)O)C2)c(N)c1. The van der Waals surface area contributed by atoms with Gasteiger partial charge in [0.1, 0.15) is 5.75 Å². The van der Waals surface area contributed by atoms with E-state index >= 15 is 0 Å². The Morgan fingerprint density at radius 2 is 2.20 bits per heavy atom. The second kappa shape index (κ2) is 5.81. The minimum Gasteiger partial charge on any atom is -0.497 e. The zero-order valence-corrected chi connectivity index (χ0v) is 11.3. The number of nitrogens with zero attached hydrogens (tertiary/aromatic N) is 1. The molecule has 6 heteroatoms. The van der Waals surface area contributed by atoms with Crippen LogP contribution in [0.25, 0.3) is 0 Å². The fourth-order valence-electron chi connectivity index (χ4n) is 2.40. The first-order chi connectivity index (χ1) is 9.52.